The quantitative estimate of drug-likeness (QED) is 0.676. The van der Waals surface area contributed by atoms with Crippen LogP contribution in [0.5, 0.6) is 0 Å². The average Bonchev–Trinajstić information content (AvgIpc) is 2.34. The van der Waals surface area contributed by atoms with E-state index < -0.39 is 27.8 Å². The Kier molecular flexibility index (Phi) is 5.30. The first-order valence-corrected chi connectivity index (χ1v) is 8.21. The van der Waals surface area contributed by atoms with E-state index in [1.807, 2.05) is 0 Å². The maximum absolute atomic E-state index is 12.0. The van der Waals surface area contributed by atoms with Crippen LogP contribution in [0.3, 0.4) is 0 Å². The maximum atomic E-state index is 12.0. The zero-order valence-electron chi connectivity index (χ0n) is 10.9. The number of aliphatic carboxylic acids is 1. The number of rotatable bonds is 5. The van der Waals surface area contributed by atoms with Crippen LogP contribution in [0.25, 0.3) is 0 Å². The van der Waals surface area contributed by atoms with E-state index in [-0.39, 0.29) is 24.6 Å². The number of hydrogen-bond acceptors (Lipinski definition) is 5. The van der Waals surface area contributed by atoms with Crippen molar-refractivity contribution in [1.82, 2.24) is 4.90 Å². The molecular weight excluding hydrogens is 272 g/mol. The minimum atomic E-state index is -3.15. The summed E-state index contributed by atoms with van der Waals surface area (Å²) < 4.78 is 22.0. The van der Waals surface area contributed by atoms with Crippen molar-refractivity contribution < 1.29 is 23.1 Å². The van der Waals surface area contributed by atoms with E-state index >= 15 is 0 Å². The molecule has 0 aromatic heterocycles. The normalized spacial score (nSPS) is 22.0. The van der Waals surface area contributed by atoms with E-state index in [1.165, 1.54) is 4.90 Å². The van der Waals surface area contributed by atoms with Crippen molar-refractivity contribution in [3.05, 3.63) is 0 Å². The molecule has 1 amide bonds. The van der Waals surface area contributed by atoms with Gasteiger partial charge in [-0.2, -0.15) is 0 Å². The Morgan fingerprint density at radius 3 is 2.63 bits per heavy atom. The highest BCUT2D eigenvalue weighted by Gasteiger charge is 2.30. The Morgan fingerprint density at radius 1 is 1.47 bits per heavy atom. The summed E-state index contributed by atoms with van der Waals surface area (Å²) in [6, 6.07) is -0.887. The second kappa shape index (κ2) is 6.33. The predicted octanol–water partition coefficient (Wildman–Crippen LogP) is -0.928. The standard InChI is InChI=1S/C11H20N2O5S/c1-19(17,18)6-4-9(12)10(14)13-5-2-3-8(7-13)11(15)16/h8-9H,2-7,12H2,1H3,(H,15,16). The van der Waals surface area contributed by atoms with E-state index in [9.17, 15) is 18.0 Å². The molecule has 1 rings (SSSR count). The number of carboxylic acid groups (broad SMARTS) is 1. The Labute approximate surface area is 112 Å². The zero-order chi connectivity index (χ0) is 14.6. The summed E-state index contributed by atoms with van der Waals surface area (Å²) in [5.74, 6) is -1.98. The van der Waals surface area contributed by atoms with Crippen molar-refractivity contribution in [3.63, 3.8) is 0 Å². The van der Waals surface area contributed by atoms with Crippen LogP contribution in [0.2, 0.25) is 0 Å². The molecule has 0 aliphatic carbocycles. The zero-order valence-corrected chi connectivity index (χ0v) is 11.7. The highest BCUT2D eigenvalue weighted by atomic mass is 32.2. The van der Waals surface area contributed by atoms with E-state index in [4.69, 9.17) is 10.8 Å². The van der Waals surface area contributed by atoms with Crippen LogP contribution >= 0.6 is 0 Å². The van der Waals surface area contributed by atoms with Crippen LogP contribution in [0.15, 0.2) is 0 Å². The SMILES string of the molecule is CS(=O)(=O)CCC(N)C(=O)N1CCCC(C(=O)O)C1. The molecule has 1 heterocycles. The van der Waals surface area contributed by atoms with E-state index in [0.29, 0.717) is 19.4 Å². The molecule has 0 bridgehead atoms. The van der Waals surface area contributed by atoms with Crippen LogP contribution in [-0.4, -0.2) is 61.4 Å². The van der Waals surface area contributed by atoms with Crippen LogP contribution in [-0.2, 0) is 19.4 Å². The molecule has 1 aliphatic heterocycles. The monoisotopic (exact) mass is 292 g/mol. The Balaban J connectivity index is 2.54. The van der Waals surface area contributed by atoms with Gasteiger partial charge in [-0.3, -0.25) is 9.59 Å². The minimum Gasteiger partial charge on any atom is -0.481 e. The van der Waals surface area contributed by atoms with Crippen LogP contribution < -0.4 is 5.73 Å². The molecule has 7 nitrogen and oxygen atoms in total. The number of carbonyl (C=O) groups is 2. The lowest BCUT2D eigenvalue weighted by molar-refractivity contribution is -0.146. The minimum absolute atomic E-state index is 0.0614. The summed E-state index contributed by atoms with van der Waals surface area (Å²) >= 11 is 0. The Hall–Kier alpha value is -1.15. The van der Waals surface area contributed by atoms with Crippen molar-refractivity contribution in [3.8, 4) is 0 Å². The lowest BCUT2D eigenvalue weighted by Gasteiger charge is -2.32. The number of hydrogen-bond donors (Lipinski definition) is 2. The fourth-order valence-electron chi connectivity index (χ4n) is 2.08. The lowest BCUT2D eigenvalue weighted by atomic mass is 9.97. The lowest BCUT2D eigenvalue weighted by Crippen LogP contribution is -2.49. The summed E-state index contributed by atoms with van der Waals surface area (Å²) in [6.07, 6.45) is 2.33. The number of nitrogens with two attached hydrogens (primary N) is 1. The summed E-state index contributed by atoms with van der Waals surface area (Å²) in [5.41, 5.74) is 5.67. The van der Waals surface area contributed by atoms with Gasteiger partial charge in [0, 0.05) is 19.3 Å². The van der Waals surface area contributed by atoms with Crippen molar-refractivity contribution in [2.24, 2.45) is 11.7 Å². The number of carbonyl (C=O) groups excluding carboxylic acids is 1. The molecule has 8 heteroatoms. The van der Waals surface area contributed by atoms with Gasteiger partial charge in [0.2, 0.25) is 5.91 Å². The van der Waals surface area contributed by atoms with Gasteiger partial charge in [-0.1, -0.05) is 0 Å². The molecule has 1 saturated heterocycles. The molecule has 0 saturated carbocycles. The number of nitrogens with zero attached hydrogens (tertiary/aromatic N) is 1. The molecule has 0 radical (unpaired) electrons. The molecule has 3 N–H and O–H groups in total. The third-order valence-electron chi connectivity index (χ3n) is 3.20. The number of likely N-dealkylation sites (tertiary alicyclic amines) is 1. The van der Waals surface area contributed by atoms with E-state index in [1.54, 1.807) is 0 Å². The number of sulfone groups is 1. The van der Waals surface area contributed by atoms with Gasteiger partial charge in [-0.15, -0.1) is 0 Å². The number of piperidine rings is 1. The largest absolute Gasteiger partial charge is 0.481 e. The van der Waals surface area contributed by atoms with Gasteiger partial charge in [0.1, 0.15) is 9.84 Å². The first-order chi connectivity index (χ1) is 8.70. The van der Waals surface area contributed by atoms with Gasteiger partial charge in [0.25, 0.3) is 0 Å². The third kappa shape index (κ3) is 5.15. The Morgan fingerprint density at radius 2 is 2.11 bits per heavy atom. The first-order valence-electron chi connectivity index (χ1n) is 6.15. The third-order valence-corrected chi connectivity index (χ3v) is 4.18. The highest BCUT2D eigenvalue weighted by Crippen LogP contribution is 2.17. The number of amides is 1. The smallest absolute Gasteiger partial charge is 0.308 e. The van der Waals surface area contributed by atoms with Gasteiger partial charge in [0.15, 0.2) is 0 Å². The average molecular weight is 292 g/mol. The summed E-state index contributed by atoms with van der Waals surface area (Å²) in [4.78, 5) is 24.3. The van der Waals surface area contributed by atoms with Gasteiger partial charge < -0.3 is 15.7 Å². The van der Waals surface area contributed by atoms with Gasteiger partial charge in [-0.25, -0.2) is 8.42 Å². The molecule has 0 aromatic carbocycles. The Bertz CT molecular complexity index is 448. The summed E-state index contributed by atoms with van der Waals surface area (Å²) in [7, 11) is -3.15. The van der Waals surface area contributed by atoms with Crippen molar-refractivity contribution in [2.45, 2.75) is 25.3 Å². The highest BCUT2D eigenvalue weighted by molar-refractivity contribution is 7.90. The van der Waals surface area contributed by atoms with Gasteiger partial charge in [0.05, 0.1) is 17.7 Å². The predicted molar refractivity (Wildman–Crippen MR) is 69.2 cm³/mol. The van der Waals surface area contributed by atoms with Crippen LogP contribution in [0, 0.1) is 5.92 Å². The molecule has 0 spiro atoms. The van der Waals surface area contributed by atoms with E-state index in [2.05, 4.69) is 0 Å². The molecule has 2 unspecified atom stereocenters. The molecule has 110 valence electrons. The maximum Gasteiger partial charge on any atom is 0.308 e. The molecule has 19 heavy (non-hydrogen) atoms. The second-order valence-corrected chi connectivity index (χ2v) is 7.25. The van der Waals surface area contributed by atoms with Crippen molar-refractivity contribution in [1.29, 1.82) is 0 Å². The molecule has 1 fully saturated rings. The fraction of sp³-hybridized carbons (Fsp3) is 0.818. The van der Waals surface area contributed by atoms with Gasteiger partial charge >= 0.3 is 5.97 Å². The second-order valence-electron chi connectivity index (χ2n) is 4.99. The summed E-state index contributed by atoms with van der Waals surface area (Å²) in [5, 5.41) is 8.94. The van der Waals surface area contributed by atoms with Crippen molar-refractivity contribution >= 4 is 21.7 Å². The molecule has 0 aromatic rings. The topological polar surface area (TPSA) is 118 Å². The molecule has 1 aliphatic rings. The van der Waals surface area contributed by atoms with E-state index in [0.717, 1.165) is 6.26 Å². The summed E-state index contributed by atoms with van der Waals surface area (Å²) in [6.45, 7) is 0.635. The first kappa shape index (κ1) is 15.9. The van der Waals surface area contributed by atoms with Crippen LogP contribution in [0.1, 0.15) is 19.3 Å². The molecule has 2 atom stereocenters. The number of carboxylic acids is 1. The van der Waals surface area contributed by atoms with Gasteiger partial charge in [-0.05, 0) is 19.3 Å². The fourth-order valence-corrected chi connectivity index (χ4v) is 2.76. The van der Waals surface area contributed by atoms with Crippen LogP contribution in [0.4, 0.5) is 0 Å². The van der Waals surface area contributed by atoms with Crippen molar-refractivity contribution in [2.75, 3.05) is 25.1 Å². The molecular formula is C11H20N2O5S.